The van der Waals surface area contributed by atoms with Crippen LogP contribution in [0.5, 0.6) is 17.2 Å². The summed E-state index contributed by atoms with van der Waals surface area (Å²) in [5.41, 5.74) is 0.844. The minimum atomic E-state index is -0.859. The zero-order valence-corrected chi connectivity index (χ0v) is 20.2. The first-order chi connectivity index (χ1) is 15.8. The number of carbonyl (C=O) groups is 2. The zero-order chi connectivity index (χ0) is 24.1. The molecule has 1 fully saturated rings. The van der Waals surface area contributed by atoms with Gasteiger partial charge in [0.05, 0.1) is 29.8 Å². The maximum absolute atomic E-state index is 13.1. The normalized spacial score (nSPS) is 17.5. The van der Waals surface area contributed by atoms with Crippen LogP contribution in [-0.2, 0) is 14.3 Å². The van der Waals surface area contributed by atoms with Gasteiger partial charge in [-0.05, 0) is 65.2 Å². The monoisotopic (exact) mass is 519 g/mol. The van der Waals surface area contributed by atoms with Crippen LogP contribution >= 0.6 is 15.9 Å². The van der Waals surface area contributed by atoms with Crippen molar-refractivity contribution in [3.05, 3.63) is 57.6 Å². The number of carbonyl (C=O) groups excluding carboxylic acids is 2. The average molecular weight is 520 g/mol. The Balaban J connectivity index is 2.16. The van der Waals surface area contributed by atoms with Crippen LogP contribution in [0.2, 0.25) is 0 Å². The van der Waals surface area contributed by atoms with E-state index >= 15 is 0 Å². The van der Waals surface area contributed by atoms with Gasteiger partial charge < -0.3 is 29.3 Å². The van der Waals surface area contributed by atoms with Crippen LogP contribution in [0.15, 0.2) is 46.4 Å². The number of nitrogens with zero attached hydrogens (tertiary/aromatic N) is 1. The van der Waals surface area contributed by atoms with E-state index in [2.05, 4.69) is 15.9 Å². The number of aliphatic hydroxyl groups is 1. The first-order valence-electron chi connectivity index (χ1n) is 10.4. The summed E-state index contributed by atoms with van der Waals surface area (Å²) < 4.78 is 16.4. The van der Waals surface area contributed by atoms with E-state index in [1.165, 1.54) is 18.1 Å². The van der Waals surface area contributed by atoms with Crippen molar-refractivity contribution in [3.8, 4) is 17.2 Å². The van der Waals surface area contributed by atoms with Gasteiger partial charge in [-0.15, -0.1) is 0 Å². The SMILES string of the molecule is CCOc1cc(C2/C(=C(/O)c3ccc(OC)c(Br)c3)C(=O)C(=O)N2CCCOC)ccc1O. The summed E-state index contributed by atoms with van der Waals surface area (Å²) in [6.45, 7) is 2.76. The van der Waals surface area contributed by atoms with E-state index in [4.69, 9.17) is 14.2 Å². The molecule has 1 heterocycles. The molecule has 1 amide bonds. The number of aromatic hydroxyl groups is 1. The van der Waals surface area contributed by atoms with Crippen molar-refractivity contribution < 1.29 is 34.0 Å². The number of likely N-dealkylation sites (tertiary alicyclic amines) is 1. The van der Waals surface area contributed by atoms with Crippen molar-refractivity contribution in [2.75, 3.05) is 34.0 Å². The average Bonchev–Trinajstić information content (AvgIpc) is 3.05. The summed E-state index contributed by atoms with van der Waals surface area (Å²) in [5, 5.41) is 21.3. The lowest BCUT2D eigenvalue weighted by Crippen LogP contribution is -2.31. The highest BCUT2D eigenvalue weighted by molar-refractivity contribution is 9.10. The lowest BCUT2D eigenvalue weighted by Gasteiger charge is -2.25. The third-order valence-electron chi connectivity index (χ3n) is 5.31. The lowest BCUT2D eigenvalue weighted by molar-refractivity contribution is -0.140. The molecule has 0 aliphatic carbocycles. The van der Waals surface area contributed by atoms with Gasteiger partial charge in [-0.1, -0.05) is 6.07 Å². The Morgan fingerprint density at radius 2 is 1.88 bits per heavy atom. The second-order valence-corrected chi connectivity index (χ2v) is 8.20. The van der Waals surface area contributed by atoms with Gasteiger partial charge in [-0.3, -0.25) is 9.59 Å². The van der Waals surface area contributed by atoms with Gasteiger partial charge in [0.25, 0.3) is 11.7 Å². The molecular formula is C24H26BrNO7. The predicted molar refractivity (Wildman–Crippen MR) is 125 cm³/mol. The molecule has 1 aliphatic heterocycles. The summed E-state index contributed by atoms with van der Waals surface area (Å²) in [5.74, 6) is -1.07. The molecule has 1 atom stereocenters. The Hall–Kier alpha value is -3.04. The molecule has 2 N–H and O–H groups in total. The molecule has 1 saturated heterocycles. The van der Waals surface area contributed by atoms with E-state index < -0.39 is 17.7 Å². The molecular weight excluding hydrogens is 494 g/mol. The molecule has 2 aromatic rings. The molecule has 176 valence electrons. The van der Waals surface area contributed by atoms with Crippen molar-refractivity contribution in [2.24, 2.45) is 0 Å². The second kappa shape index (κ2) is 10.7. The summed E-state index contributed by atoms with van der Waals surface area (Å²) in [6.07, 6.45) is 0.505. The number of Topliss-reactive ketones (excluding diaryl/α,β-unsaturated/α-hetero) is 1. The highest BCUT2D eigenvalue weighted by Crippen LogP contribution is 2.42. The standard InChI is InChI=1S/C24H26BrNO7/c1-4-33-19-13-14(6-8-17(19)27)21-20(23(29)24(30)26(21)10-5-11-31-2)22(28)15-7-9-18(32-3)16(25)12-15/h6-9,12-13,21,27-28H,4-5,10-11H2,1-3H3/b22-20-. The van der Waals surface area contributed by atoms with Gasteiger partial charge in [-0.2, -0.15) is 0 Å². The molecule has 9 heteroatoms. The van der Waals surface area contributed by atoms with E-state index in [9.17, 15) is 19.8 Å². The highest BCUT2D eigenvalue weighted by atomic mass is 79.9. The largest absolute Gasteiger partial charge is 0.507 e. The topological polar surface area (TPSA) is 106 Å². The van der Waals surface area contributed by atoms with Gasteiger partial charge in [0, 0.05) is 25.8 Å². The fourth-order valence-electron chi connectivity index (χ4n) is 3.78. The van der Waals surface area contributed by atoms with Crippen molar-refractivity contribution in [1.82, 2.24) is 4.90 Å². The number of methoxy groups -OCH3 is 2. The van der Waals surface area contributed by atoms with Crippen molar-refractivity contribution >= 4 is 33.4 Å². The predicted octanol–water partition coefficient (Wildman–Crippen LogP) is 4.02. The lowest BCUT2D eigenvalue weighted by atomic mass is 9.95. The molecule has 33 heavy (non-hydrogen) atoms. The number of benzene rings is 2. The zero-order valence-electron chi connectivity index (χ0n) is 18.6. The minimum absolute atomic E-state index is 0.0392. The Morgan fingerprint density at radius 1 is 1.12 bits per heavy atom. The molecule has 8 nitrogen and oxygen atoms in total. The number of phenols is 1. The smallest absolute Gasteiger partial charge is 0.295 e. The molecule has 1 aliphatic rings. The van der Waals surface area contributed by atoms with Crippen LogP contribution < -0.4 is 9.47 Å². The number of ether oxygens (including phenoxy) is 3. The van der Waals surface area contributed by atoms with E-state index in [0.29, 0.717) is 41.0 Å². The maximum atomic E-state index is 13.1. The van der Waals surface area contributed by atoms with Crippen LogP contribution in [0.25, 0.3) is 5.76 Å². The van der Waals surface area contributed by atoms with Crippen LogP contribution in [0.1, 0.15) is 30.5 Å². The van der Waals surface area contributed by atoms with Gasteiger partial charge in [0.2, 0.25) is 0 Å². The van der Waals surface area contributed by atoms with Crippen LogP contribution in [0.4, 0.5) is 0 Å². The van der Waals surface area contributed by atoms with Crippen LogP contribution in [-0.4, -0.2) is 60.8 Å². The first-order valence-corrected chi connectivity index (χ1v) is 11.2. The van der Waals surface area contributed by atoms with Gasteiger partial charge in [0.1, 0.15) is 11.5 Å². The minimum Gasteiger partial charge on any atom is -0.507 e. The molecule has 0 bridgehead atoms. The molecule has 2 aromatic carbocycles. The van der Waals surface area contributed by atoms with E-state index in [0.717, 1.165) is 0 Å². The van der Waals surface area contributed by atoms with E-state index in [-0.39, 0.29) is 29.4 Å². The number of phenolic OH excluding ortho intramolecular Hbond substituents is 1. The fraction of sp³-hybridized carbons (Fsp3) is 0.333. The first kappa shape index (κ1) is 24.6. The number of amides is 1. The fourth-order valence-corrected chi connectivity index (χ4v) is 4.32. The Bertz CT molecular complexity index is 1080. The second-order valence-electron chi connectivity index (χ2n) is 7.35. The molecule has 3 rings (SSSR count). The number of aliphatic hydroxyl groups excluding tert-OH is 1. The summed E-state index contributed by atoms with van der Waals surface area (Å²) >= 11 is 3.38. The van der Waals surface area contributed by atoms with Gasteiger partial charge >= 0.3 is 0 Å². The summed E-state index contributed by atoms with van der Waals surface area (Å²) in [4.78, 5) is 27.4. The van der Waals surface area contributed by atoms with Crippen molar-refractivity contribution in [2.45, 2.75) is 19.4 Å². The number of rotatable bonds is 9. The molecule has 0 radical (unpaired) electrons. The van der Waals surface area contributed by atoms with E-state index in [1.54, 1.807) is 44.4 Å². The molecule has 1 unspecified atom stereocenters. The van der Waals surface area contributed by atoms with Gasteiger partial charge in [-0.25, -0.2) is 0 Å². The Kier molecular flexibility index (Phi) is 7.99. The van der Waals surface area contributed by atoms with E-state index in [1.807, 2.05) is 0 Å². The Labute approximate surface area is 200 Å². The summed E-state index contributed by atoms with van der Waals surface area (Å²) in [7, 11) is 3.08. The third kappa shape index (κ3) is 4.99. The Morgan fingerprint density at radius 3 is 2.52 bits per heavy atom. The van der Waals surface area contributed by atoms with Crippen LogP contribution in [0.3, 0.4) is 0 Å². The van der Waals surface area contributed by atoms with Gasteiger partial charge in [0.15, 0.2) is 11.5 Å². The van der Waals surface area contributed by atoms with Crippen LogP contribution in [0, 0.1) is 0 Å². The number of ketones is 1. The number of halogens is 1. The molecule has 0 saturated carbocycles. The highest BCUT2D eigenvalue weighted by Gasteiger charge is 2.46. The van der Waals surface area contributed by atoms with Crippen molar-refractivity contribution in [1.29, 1.82) is 0 Å². The number of hydrogen-bond donors (Lipinski definition) is 2. The molecule has 0 spiro atoms. The van der Waals surface area contributed by atoms with Crippen molar-refractivity contribution in [3.63, 3.8) is 0 Å². The maximum Gasteiger partial charge on any atom is 0.295 e. The number of hydrogen-bond acceptors (Lipinski definition) is 7. The third-order valence-corrected chi connectivity index (χ3v) is 5.93. The quantitative estimate of drug-likeness (QED) is 0.223. The summed E-state index contributed by atoms with van der Waals surface area (Å²) in [6, 6.07) is 8.64. The molecule has 0 aromatic heterocycles.